The van der Waals surface area contributed by atoms with Crippen LogP contribution in [-0.4, -0.2) is 24.7 Å². The fourth-order valence-electron chi connectivity index (χ4n) is 2.07. The molecule has 0 spiro atoms. The Hall–Kier alpha value is -2.20. The molecule has 1 aromatic carbocycles. The Bertz CT molecular complexity index is 569. The Kier molecular flexibility index (Phi) is 5.91. The van der Waals surface area contributed by atoms with Gasteiger partial charge in [0, 0.05) is 19.5 Å². The maximum absolute atomic E-state index is 12.1. The van der Waals surface area contributed by atoms with Crippen molar-refractivity contribution < 1.29 is 14.3 Å². The zero-order valence-corrected chi connectivity index (χ0v) is 12.1. The second-order valence-electron chi connectivity index (χ2n) is 4.69. The van der Waals surface area contributed by atoms with Crippen molar-refractivity contribution in [2.45, 2.75) is 19.4 Å². The van der Waals surface area contributed by atoms with Crippen LogP contribution in [0.4, 0.5) is 0 Å². The fourth-order valence-corrected chi connectivity index (χ4v) is 2.07. The third-order valence-corrected chi connectivity index (χ3v) is 3.13. The van der Waals surface area contributed by atoms with Gasteiger partial charge in [0.25, 0.3) is 0 Å². The summed E-state index contributed by atoms with van der Waals surface area (Å²) in [7, 11) is 1.61. The molecule has 0 radical (unpaired) electrons. The van der Waals surface area contributed by atoms with Gasteiger partial charge < -0.3 is 9.47 Å². The van der Waals surface area contributed by atoms with Crippen molar-refractivity contribution >= 4 is 5.97 Å². The molecule has 2 aromatic rings. The summed E-state index contributed by atoms with van der Waals surface area (Å²) in [6.45, 7) is 0.810. The molecule has 1 heterocycles. The first-order valence-corrected chi connectivity index (χ1v) is 6.94. The summed E-state index contributed by atoms with van der Waals surface area (Å²) in [5.41, 5.74) is 2.61. The molecule has 4 nitrogen and oxygen atoms in total. The molecule has 0 bridgehead atoms. The van der Waals surface area contributed by atoms with E-state index < -0.39 is 0 Å². The SMILES string of the molecule is COCc1ccccc1C(=O)OCCCc1ccncc1. The van der Waals surface area contributed by atoms with E-state index in [1.165, 1.54) is 5.56 Å². The molecule has 0 saturated carbocycles. The lowest BCUT2D eigenvalue weighted by atomic mass is 10.1. The number of hydrogen-bond donors (Lipinski definition) is 0. The molecule has 21 heavy (non-hydrogen) atoms. The van der Waals surface area contributed by atoms with Gasteiger partial charge in [0.05, 0.1) is 18.8 Å². The van der Waals surface area contributed by atoms with Crippen molar-refractivity contribution in [2.75, 3.05) is 13.7 Å². The molecule has 0 aliphatic rings. The number of pyridine rings is 1. The Morgan fingerprint density at radius 2 is 1.90 bits per heavy atom. The van der Waals surface area contributed by atoms with E-state index in [0.29, 0.717) is 18.8 Å². The van der Waals surface area contributed by atoms with Crippen molar-refractivity contribution in [1.29, 1.82) is 0 Å². The van der Waals surface area contributed by atoms with E-state index in [-0.39, 0.29) is 5.97 Å². The molecule has 0 aliphatic heterocycles. The van der Waals surface area contributed by atoms with Crippen LogP contribution in [0.3, 0.4) is 0 Å². The fraction of sp³-hybridized carbons (Fsp3) is 0.294. The molecule has 0 fully saturated rings. The Balaban J connectivity index is 1.82. The number of benzene rings is 1. The molecule has 1 aromatic heterocycles. The van der Waals surface area contributed by atoms with E-state index in [0.717, 1.165) is 18.4 Å². The standard InChI is InChI=1S/C17H19NO3/c1-20-13-15-6-2-3-7-16(15)17(19)21-12-4-5-14-8-10-18-11-9-14/h2-3,6-11H,4-5,12-13H2,1H3. The van der Waals surface area contributed by atoms with Gasteiger partial charge in [0.2, 0.25) is 0 Å². The normalized spacial score (nSPS) is 10.3. The molecular formula is C17H19NO3. The van der Waals surface area contributed by atoms with Crippen LogP contribution in [0, 0.1) is 0 Å². The minimum absolute atomic E-state index is 0.294. The summed E-state index contributed by atoms with van der Waals surface area (Å²) in [5.74, 6) is -0.294. The molecule has 2 rings (SSSR count). The zero-order chi connectivity index (χ0) is 14.9. The van der Waals surface area contributed by atoms with Gasteiger partial charge in [0.15, 0.2) is 0 Å². The van der Waals surface area contributed by atoms with Crippen LogP contribution in [0.25, 0.3) is 0 Å². The molecule has 0 amide bonds. The van der Waals surface area contributed by atoms with Crippen molar-refractivity contribution in [3.05, 3.63) is 65.5 Å². The third kappa shape index (κ3) is 4.68. The lowest BCUT2D eigenvalue weighted by Crippen LogP contribution is -2.10. The number of carbonyl (C=O) groups excluding carboxylic acids is 1. The molecule has 0 aliphatic carbocycles. The monoisotopic (exact) mass is 285 g/mol. The van der Waals surface area contributed by atoms with E-state index in [1.807, 2.05) is 30.3 Å². The highest BCUT2D eigenvalue weighted by Crippen LogP contribution is 2.12. The molecule has 4 heteroatoms. The number of esters is 1. The van der Waals surface area contributed by atoms with Crippen LogP contribution in [0.1, 0.15) is 27.9 Å². The molecule has 0 N–H and O–H groups in total. The highest BCUT2D eigenvalue weighted by atomic mass is 16.5. The summed E-state index contributed by atoms with van der Waals surface area (Å²) in [4.78, 5) is 16.0. The number of nitrogens with zero attached hydrogens (tertiary/aromatic N) is 1. The summed E-state index contributed by atoms with van der Waals surface area (Å²) in [6, 6.07) is 11.3. The van der Waals surface area contributed by atoms with Gasteiger partial charge in [-0.1, -0.05) is 18.2 Å². The number of aryl methyl sites for hydroxylation is 1. The number of methoxy groups -OCH3 is 1. The average Bonchev–Trinajstić information content (AvgIpc) is 2.53. The molecule has 110 valence electrons. The second-order valence-corrected chi connectivity index (χ2v) is 4.69. The van der Waals surface area contributed by atoms with Crippen molar-refractivity contribution in [3.63, 3.8) is 0 Å². The summed E-state index contributed by atoms with van der Waals surface area (Å²) < 4.78 is 10.4. The largest absolute Gasteiger partial charge is 0.462 e. The quantitative estimate of drug-likeness (QED) is 0.579. The summed E-state index contributed by atoms with van der Waals surface area (Å²) in [5, 5.41) is 0. The van der Waals surface area contributed by atoms with E-state index in [9.17, 15) is 4.79 Å². The smallest absolute Gasteiger partial charge is 0.338 e. The number of carbonyl (C=O) groups is 1. The van der Waals surface area contributed by atoms with Crippen LogP contribution in [0.5, 0.6) is 0 Å². The first-order chi connectivity index (χ1) is 10.3. The van der Waals surface area contributed by atoms with Crippen molar-refractivity contribution in [3.8, 4) is 0 Å². The van der Waals surface area contributed by atoms with Gasteiger partial charge in [-0.3, -0.25) is 4.98 Å². The van der Waals surface area contributed by atoms with Gasteiger partial charge in [-0.25, -0.2) is 4.79 Å². The average molecular weight is 285 g/mol. The topological polar surface area (TPSA) is 48.4 Å². The lowest BCUT2D eigenvalue weighted by Gasteiger charge is -2.09. The Morgan fingerprint density at radius 3 is 2.67 bits per heavy atom. The van der Waals surface area contributed by atoms with Crippen molar-refractivity contribution in [1.82, 2.24) is 4.98 Å². The maximum atomic E-state index is 12.1. The summed E-state index contributed by atoms with van der Waals surface area (Å²) >= 11 is 0. The number of rotatable bonds is 7. The third-order valence-electron chi connectivity index (χ3n) is 3.13. The Labute approximate surface area is 124 Å². The van der Waals surface area contributed by atoms with Crippen LogP contribution in [0.2, 0.25) is 0 Å². The molecule has 0 atom stereocenters. The predicted molar refractivity (Wildman–Crippen MR) is 80.0 cm³/mol. The van der Waals surface area contributed by atoms with E-state index >= 15 is 0 Å². The maximum Gasteiger partial charge on any atom is 0.338 e. The van der Waals surface area contributed by atoms with Crippen LogP contribution in [0.15, 0.2) is 48.8 Å². The van der Waals surface area contributed by atoms with E-state index in [4.69, 9.17) is 9.47 Å². The minimum atomic E-state index is -0.294. The molecular weight excluding hydrogens is 266 g/mol. The Morgan fingerprint density at radius 1 is 1.14 bits per heavy atom. The number of aromatic nitrogens is 1. The molecule has 0 unspecified atom stereocenters. The van der Waals surface area contributed by atoms with Crippen LogP contribution < -0.4 is 0 Å². The second kappa shape index (κ2) is 8.17. The van der Waals surface area contributed by atoms with Gasteiger partial charge in [-0.05, 0) is 42.2 Å². The number of hydrogen-bond acceptors (Lipinski definition) is 4. The highest BCUT2D eigenvalue weighted by molar-refractivity contribution is 5.91. The van der Waals surface area contributed by atoms with E-state index in [1.54, 1.807) is 25.6 Å². The lowest BCUT2D eigenvalue weighted by molar-refractivity contribution is 0.0496. The zero-order valence-electron chi connectivity index (χ0n) is 12.1. The van der Waals surface area contributed by atoms with Gasteiger partial charge in [-0.2, -0.15) is 0 Å². The van der Waals surface area contributed by atoms with Gasteiger partial charge in [0.1, 0.15) is 0 Å². The van der Waals surface area contributed by atoms with Gasteiger partial charge >= 0.3 is 5.97 Å². The van der Waals surface area contributed by atoms with Crippen molar-refractivity contribution in [2.24, 2.45) is 0 Å². The minimum Gasteiger partial charge on any atom is -0.462 e. The number of ether oxygens (including phenoxy) is 2. The first kappa shape index (κ1) is 15.2. The highest BCUT2D eigenvalue weighted by Gasteiger charge is 2.11. The van der Waals surface area contributed by atoms with Gasteiger partial charge in [-0.15, -0.1) is 0 Å². The van der Waals surface area contributed by atoms with Crippen LogP contribution >= 0.6 is 0 Å². The summed E-state index contributed by atoms with van der Waals surface area (Å²) in [6.07, 6.45) is 5.20. The molecule has 0 saturated heterocycles. The van der Waals surface area contributed by atoms with E-state index in [2.05, 4.69) is 4.98 Å². The predicted octanol–water partition coefficient (Wildman–Crippen LogP) is 3.02. The van der Waals surface area contributed by atoms with Crippen LogP contribution in [-0.2, 0) is 22.5 Å². The first-order valence-electron chi connectivity index (χ1n) is 6.94.